The third-order valence-electron chi connectivity index (χ3n) is 4.68. The molecule has 1 aromatic heterocycles. The first-order valence-corrected chi connectivity index (χ1v) is 9.85. The van der Waals surface area contributed by atoms with E-state index in [4.69, 9.17) is 4.74 Å². The summed E-state index contributed by atoms with van der Waals surface area (Å²) >= 11 is 1.55. The summed E-state index contributed by atoms with van der Waals surface area (Å²) in [7, 11) is 0. The highest BCUT2D eigenvalue weighted by molar-refractivity contribution is 7.15. The van der Waals surface area contributed by atoms with Gasteiger partial charge in [-0.05, 0) is 45.4 Å². The van der Waals surface area contributed by atoms with Crippen molar-refractivity contribution in [3.8, 4) is 0 Å². The van der Waals surface area contributed by atoms with E-state index in [9.17, 15) is 4.39 Å². The van der Waals surface area contributed by atoms with Gasteiger partial charge < -0.3 is 10.1 Å². The number of nitrogens with zero attached hydrogens (tertiary/aromatic N) is 3. The van der Waals surface area contributed by atoms with Crippen LogP contribution in [0.3, 0.4) is 0 Å². The van der Waals surface area contributed by atoms with E-state index in [-0.39, 0.29) is 23.6 Å². The number of anilines is 1. The first-order chi connectivity index (χ1) is 12.3. The summed E-state index contributed by atoms with van der Waals surface area (Å²) in [6, 6.07) is 6.52. The predicted molar refractivity (Wildman–Crippen MR) is 103 cm³/mol. The van der Waals surface area contributed by atoms with Crippen LogP contribution in [0.1, 0.15) is 38.3 Å². The Hall–Kier alpha value is -1.57. The molecule has 1 aromatic carbocycles. The lowest BCUT2D eigenvalue weighted by atomic mass is 10.0. The van der Waals surface area contributed by atoms with E-state index < -0.39 is 0 Å². The number of benzene rings is 1. The van der Waals surface area contributed by atoms with Crippen LogP contribution >= 0.6 is 11.3 Å². The molecule has 0 saturated carbocycles. The van der Waals surface area contributed by atoms with Crippen molar-refractivity contribution in [1.82, 2.24) is 15.1 Å². The Morgan fingerprint density at radius 2 is 1.85 bits per heavy atom. The maximum atomic E-state index is 13.0. The molecule has 2 unspecified atom stereocenters. The third-order valence-corrected chi connectivity index (χ3v) is 5.56. The summed E-state index contributed by atoms with van der Waals surface area (Å²) in [4.78, 5) is 2.47. The van der Waals surface area contributed by atoms with Crippen LogP contribution in [0.2, 0.25) is 0 Å². The summed E-state index contributed by atoms with van der Waals surface area (Å²) in [6.45, 7) is 11.4. The van der Waals surface area contributed by atoms with Gasteiger partial charge in [-0.15, -0.1) is 10.2 Å². The molecule has 0 radical (unpaired) electrons. The number of ether oxygens (including phenoxy) is 1. The zero-order chi connectivity index (χ0) is 18.7. The molecule has 1 saturated heterocycles. The van der Waals surface area contributed by atoms with Gasteiger partial charge in [0, 0.05) is 31.6 Å². The number of halogens is 1. The maximum Gasteiger partial charge on any atom is 0.205 e. The second kappa shape index (κ2) is 7.98. The van der Waals surface area contributed by atoms with E-state index in [2.05, 4.69) is 48.1 Å². The van der Waals surface area contributed by atoms with E-state index in [0.29, 0.717) is 6.42 Å². The molecular formula is C19H27FN4OS. The molecule has 0 amide bonds. The number of nitrogens with one attached hydrogen (secondary N) is 1. The number of aromatic nitrogens is 2. The quantitative estimate of drug-likeness (QED) is 0.833. The summed E-state index contributed by atoms with van der Waals surface area (Å²) in [5.74, 6) is -0.220. The van der Waals surface area contributed by atoms with E-state index >= 15 is 0 Å². The molecule has 5 nitrogen and oxygen atoms in total. The van der Waals surface area contributed by atoms with Crippen LogP contribution in [0.5, 0.6) is 0 Å². The van der Waals surface area contributed by atoms with E-state index in [1.807, 2.05) is 0 Å². The highest BCUT2D eigenvalue weighted by atomic mass is 32.1. The molecule has 7 heteroatoms. The topological polar surface area (TPSA) is 50.3 Å². The van der Waals surface area contributed by atoms with Crippen molar-refractivity contribution in [3.05, 3.63) is 40.7 Å². The van der Waals surface area contributed by atoms with Crippen LogP contribution in [0.15, 0.2) is 24.3 Å². The predicted octanol–water partition coefficient (Wildman–Crippen LogP) is 3.57. The molecule has 0 bridgehead atoms. The number of rotatable bonds is 6. The highest BCUT2D eigenvalue weighted by Crippen LogP contribution is 2.24. The third kappa shape index (κ3) is 4.99. The molecule has 2 heterocycles. The smallest absolute Gasteiger partial charge is 0.205 e. The van der Waals surface area contributed by atoms with Crippen LogP contribution in [0, 0.1) is 5.82 Å². The molecule has 1 fully saturated rings. The van der Waals surface area contributed by atoms with Gasteiger partial charge in [-0.25, -0.2) is 4.39 Å². The lowest BCUT2D eigenvalue weighted by Gasteiger charge is -2.45. The summed E-state index contributed by atoms with van der Waals surface area (Å²) < 4.78 is 18.8. The van der Waals surface area contributed by atoms with Crippen molar-refractivity contribution in [1.29, 1.82) is 0 Å². The maximum absolute atomic E-state index is 13.0. The van der Waals surface area contributed by atoms with Crippen LogP contribution in [0.4, 0.5) is 9.52 Å². The standard InChI is InChI=1S/C19H27FN4OS/c1-13-10-24(11-14(2)25-13)19(3,4)12-21-18-23-22-17(26-18)9-15-5-7-16(20)8-6-15/h5-8,13-14H,9-12H2,1-4H3,(H,21,23). The minimum atomic E-state index is -0.220. The van der Waals surface area contributed by atoms with Crippen molar-refractivity contribution in [2.24, 2.45) is 0 Å². The molecule has 142 valence electrons. The Balaban J connectivity index is 1.56. The lowest BCUT2D eigenvalue weighted by molar-refractivity contribution is -0.0933. The molecule has 1 N–H and O–H groups in total. The highest BCUT2D eigenvalue weighted by Gasteiger charge is 2.33. The van der Waals surface area contributed by atoms with Crippen LogP contribution in [0.25, 0.3) is 0 Å². The van der Waals surface area contributed by atoms with Crippen molar-refractivity contribution in [2.75, 3.05) is 25.0 Å². The second-order valence-electron chi connectivity index (χ2n) is 7.63. The summed E-state index contributed by atoms with van der Waals surface area (Å²) in [5, 5.41) is 13.7. The summed E-state index contributed by atoms with van der Waals surface area (Å²) in [6.07, 6.45) is 1.17. The fourth-order valence-electron chi connectivity index (χ4n) is 3.25. The lowest BCUT2D eigenvalue weighted by Crippen LogP contribution is -2.57. The van der Waals surface area contributed by atoms with Crippen molar-refractivity contribution >= 4 is 16.5 Å². The average molecular weight is 379 g/mol. The normalized spacial score (nSPS) is 21.7. The number of morpholine rings is 1. The molecule has 26 heavy (non-hydrogen) atoms. The Labute approximate surface area is 158 Å². The molecule has 1 aliphatic heterocycles. The van der Waals surface area contributed by atoms with E-state index in [1.54, 1.807) is 23.5 Å². The Morgan fingerprint density at radius 3 is 2.50 bits per heavy atom. The van der Waals surface area contributed by atoms with Crippen molar-refractivity contribution in [3.63, 3.8) is 0 Å². The van der Waals surface area contributed by atoms with Crippen LogP contribution in [-0.4, -0.2) is 52.5 Å². The van der Waals surface area contributed by atoms with Gasteiger partial charge >= 0.3 is 0 Å². The first kappa shape index (κ1) is 19.2. The van der Waals surface area contributed by atoms with Gasteiger partial charge in [0.2, 0.25) is 5.13 Å². The first-order valence-electron chi connectivity index (χ1n) is 9.03. The molecule has 0 aliphatic carbocycles. The monoisotopic (exact) mass is 378 g/mol. The van der Waals surface area contributed by atoms with Crippen LogP contribution < -0.4 is 5.32 Å². The second-order valence-corrected chi connectivity index (χ2v) is 8.69. The average Bonchev–Trinajstić information content (AvgIpc) is 3.02. The van der Waals surface area contributed by atoms with Gasteiger partial charge in [0.25, 0.3) is 0 Å². The van der Waals surface area contributed by atoms with Gasteiger partial charge in [0.05, 0.1) is 12.2 Å². The van der Waals surface area contributed by atoms with E-state index in [0.717, 1.165) is 35.3 Å². The number of hydrogen-bond acceptors (Lipinski definition) is 6. The fraction of sp³-hybridized carbons (Fsp3) is 0.579. The van der Waals surface area contributed by atoms with Crippen LogP contribution in [-0.2, 0) is 11.2 Å². The Kier molecular flexibility index (Phi) is 5.89. The molecule has 2 aromatic rings. The van der Waals surface area contributed by atoms with Crippen molar-refractivity contribution in [2.45, 2.75) is 51.9 Å². The molecule has 2 atom stereocenters. The molecule has 0 spiro atoms. The van der Waals surface area contributed by atoms with Gasteiger partial charge in [0.1, 0.15) is 10.8 Å². The van der Waals surface area contributed by atoms with Crippen molar-refractivity contribution < 1.29 is 9.13 Å². The molecular weight excluding hydrogens is 351 g/mol. The zero-order valence-electron chi connectivity index (χ0n) is 15.8. The zero-order valence-corrected chi connectivity index (χ0v) is 16.6. The number of hydrogen-bond donors (Lipinski definition) is 1. The van der Waals surface area contributed by atoms with Gasteiger partial charge in [-0.1, -0.05) is 23.5 Å². The minimum absolute atomic E-state index is 0.00487. The molecule has 3 rings (SSSR count). The largest absolute Gasteiger partial charge is 0.373 e. The van der Waals surface area contributed by atoms with E-state index in [1.165, 1.54) is 12.1 Å². The minimum Gasteiger partial charge on any atom is -0.373 e. The Morgan fingerprint density at radius 1 is 1.19 bits per heavy atom. The SMILES string of the molecule is CC1CN(C(C)(C)CNc2nnc(Cc3ccc(F)cc3)s2)CC(C)O1. The van der Waals surface area contributed by atoms with Gasteiger partial charge in [0.15, 0.2) is 0 Å². The summed E-state index contributed by atoms with van der Waals surface area (Å²) in [5.41, 5.74) is 1.03. The van der Waals surface area contributed by atoms with Gasteiger partial charge in [-0.2, -0.15) is 0 Å². The fourth-order valence-corrected chi connectivity index (χ4v) is 4.02. The van der Waals surface area contributed by atoms with Gasteiger partial charge in [-0.3, -0.25) is 4.90 Å². The molecule has 1 aliphatic rings. The Bertz CT molecular complexity index is 709.